The molecule has 0 N–H and O–H groups in total. The first-order chi connectivity index (χ1) is 9.08. The zero-order valence-corrected chi connectivity index (χ0v) is 11.8. The Morgan fingerprint density at radius 1 is 1.58 bits per heavy atom. The Balaban J connectivity index is 1.85. The van der Waals surface area contributed by atoms with Gasteiger partial charge in [0.05, 0.1) is 19.6 Å². The van der Waals surface area contributed by atoms with Crippen molar-refractivity contribution in [3.05, 3.63) is 11.7 Å². The second-order valence-corrected chi connectivity index (χ2v) is 5.45. The molecule has 1 aromatic heterocycles. The second-order valence-electron chi connectivity index (χ2n) is 5.45. The van der Waals surface area contributed by atoms with Crippen LogP contribution in [0.5, 0.6) is 0 Å². The molecule has 0 aromatic carbocycles. The largest absolute Gasteiger partial charge is 0.469 e. The Bertz CT molecular complexity index is 431. The smallest absolute Gasteiger partial charge is 0.310 e. The number of rotatable bonds is 5. The van der Waals surface area contributed by atoms with Gasteiger partial charge in [-0.15, -0.1) is 0 Å². The number of aromatic nitrogens is 2. The summed E-state index contributed by atoms with van der Waals surface area (Å²) >= 11 is 0. The molecular weight excluding hydrogens is 246 g/mol. The van der Waals surface area contributed by atoms with E-state index in [0.717, 1.165) is 25.2 Å². The summed E-state index contributed by atoms with van der Waals surface area (Å²) in [6, 6.07) is 0. The van der Waals surface area contributed by atoms with E-state index in [-0.39, 0.29) is 11.9 Å². The molecule has 19 heavy (non-hydrogen) atoms. The molecule has 1 aliphatic rings. The predicted octanol–water partition coefficient (Wildman–Crippen LogP) is 1.26. The van der Waals surface area contributed by atoms with E-state index < -0.39 is 0 Å². The van der Waals surface area contributed by atoms with Crippen molar-refractivity contribution in [2.24, 2.45) is 11.8 Å². The van der Waals surface area contributed by atoms with Crippen LogP contribution in [-0.4, -0.2) is 41.2 Å². The van der Waals surface area contributed by atoms with Crippen molar-refractivity contribution in [3.63, 3.8) is 0 Å². The fourth-order valence-electron chi connectivity index (χ4n) is 2.33. The highest BCUT2D eigenvalue weighted by atomic mass is 16.5. The molecule has 0 amide bonds. The van der Waals surface area contributed by atoms with Gasteiger partial charge in [-0.05, 0) is 18.9 Å². The summed E-state index contributed by atoms with van der Waals surface area (Å²) in [5, 5.41) is 3.96. The van der Waals surface area contributed by atoms with Gasteiger partial charge in [0.1, 0.15) is 0 Å². The zero-order chi connectivity index (χ0) is 13.8. The third-order valence-electron chi connectivity index (χ3n) is 3.27. The number of methoxy groups -OCH3 is 1. The Labute approximate surface area is 113 Å². The summed E-state index contributed by atoms with van der Waals surface area (Å²) in [7, 11) is 1.43. The summed E-state index contributed by atoms with van der Waals surface area (Å²) in [5.74, 6) is 1.74. The van der Waals surface area contributed by atoms with Crippen molar-refractivity contribution < 1.29 is 14.1 Å². The number of carbonyl (C=O) groups is 1. The van der Waals surface area contributed by atoms with Crippen molar-refractivity contribution in [1.82, 2.24) is 15.0 Å². The molecule has 1 unspecified atom stereocenters. The number of ether oxygens (including phenoxy) is 1. The molecule has 1 aliphatic heterocycles. The number of likely N-dealkylation sites (tertiary alicyclic amines) is 1. The Kier molecular flexibility index (Phi) is 4.52. The average molecular weight is 267 g/mol. The average Bonchev–Trinajstić information content (AvgIpc) is 2.98. The van der Waals surface area contributed by atoms with Crippen LogP contribution in [0.4, 0.5) is 0 Å². The van der Waals surface area contributed by atoms with Crippen LogP contribution in [0, 0.1) is 11.8 Å². The van der Waals surface area contributed by atoms with E-state index in [0.29, 0.717) is 24.9 Å². The monoisotopic (exact) mass is 267 g/mol. The number of hydrogen-bond acceptors (Lipinski definition) is 6. The lowest BCUT2D eigenvalue weighted by Gasteiger charge is -2.12. The highest BCUT2D eigenvalue weighted by molar-refractivity contribution is 5.72. The minimum Gasteiger partial charge on any atom is -0.469 e. The van der Waals surface area contributed by atoms with E-state index in [1.807, 2.05) is 0 Å². The Morgan fingerprint density at radius 3 is 3.05 bits per heavy atom. The van der Waals surface area contributed by atoms with E-state index in [1.165, 1.54) is 7.11 Å². The maximum atomic E-state index is 11.4. The lowest BCUT2D eigenvalue weighted by molar-refractivity contribution is -0.144. The molecule has 1 fully saturated rings. The summed E-state index contributed by atoms with van der Waals surface area (Å²) in [5.41, 5.74) is 0. The maximum absolute atomic E-state index is 11.4. The Morgan fingerprint density at radius 2 is 2.37 bits per heavy atom. The van der Waals surface area contributed by atoms with E-state index in [4.69, 9.17) is 9.26 Å². The second kappa shape index (κ2) is 6.14. The molecule has 2 heterocycles. The molecule has 6 nitrogen and oxygen atoms in total. The van der Waals surface area contributed by atoms with E-state index >= 15 is 0 Å². The van der Waals surface area contributed by atoms with Crippen molar-refractivity contribution in [1.29, 1.82) is 0 Å². The lowest BCUT2D eigenvalue weighted by Crippen LogP contribution is -2.23. The van der Waals surface area contributed by atoms with Gasteiger partial charge in [-0.2, -0.15) is 4.98 Å². The lowest BCUT2D eigenvalue weighted by atomic mass is 10.1. The van der Waals surface area contributed by atoms with Crippen LogP contribution in [-0.2, 0) is 22.5 Å². The fourth-order valence-corrected chi connectivity index (χ4v) is 2.33. The van der Waals surface area contributed by atoms with Gasteiger partial charge in [-0.3, -0.25) is 9.69 Å². The first-order valence-corrected chi connectivity index (χ1v) is 6.70. The van der Waals surface area contributed by atoms with Gasteiger partial charge in [0, 0.05) is 13.0 Å². The highest BCUT2D eigenvalue weighted by Gasteiger charge is 2.29. The van der Waals surface area contributed by atoms with Crippen LogP contribution < -0.4 is 0 Å². The van der Waals surface area contributed by atoms with Gasteiger partial charge >= 0.3 is 5.97 Å². The molecule has 0 radical (unpaired) electrons. The fraction of sp³-hybridized carbons (Fsp3) is 0.769. The molecular formula is C13H21N3O3. The third-order valence-corrected chi connectivity index (χ3v) is 3.27. The molecule has 1 saturated heterocycles. The molecule has 6 heteroatoms. The van der Waals surface area contributed by atoms with Crippen LogP contribution in [0.3, 0.4) is 0 Å². The van der Waals surface area contributed by atoms with Crippen LogP contribution >= 0.6 is 0 Å². The standard InChI is InChI=1S/C13H21N3O3/c1-9(2)6-11-14-12(19-15-11)8-16-5-4-10(7-16)13(17)18-3/h9-10H,4-8H2,1-3H3. The number of nitrogens with zero attached hydrogens (tertiary/aromatic N) is 3. The van der Waals surface area contributed by atoms with Crippen LogP contribution in [0.1, 0.15) is 32.0 Å². The van der Waals surface area contributed by atoms with Gasteiger partial charge in [-0.1, -0.05) is 19.0 Å². The van der Waals surface area contributed by atoms with E-state index in [9.17, 15) is 4.79 Å². The first kappa shape index (κ1) is 14.0. The molecule has 0 bridgehead atoms. The molecule has 0 spiro atoms. The molecule has 1 atom stereocenters. The summed E-state index contributed by atoms with van der Waals surface area (Å²) in [4.78, 5) is 18.0. The van der Waals surface area contributed by atoms with Gasteiger partial charge in [0.2, 0.25) is 5.89 Å². The van der Waals surface area contributed by atoms with Crippen LogP contribution in [0.25, 0.3) is 0 Å². The van der Waals surface area contributed by atoms with Crippen LogP contribution in [0.15, 0.2) is 4.52 Å². The SMILES string of the molecule is COC(=O)C1CCN(Cc2nc(CC(C)C)no2)C1. The van der Waals surface area contributed by atoms with Crippen LogP contribution in [0.2, 0.25) is 0 Å². The highest BCUT2D eigenvalue weighted by Crippen LogP contribution is 2.19. The summed E-state index contributed by atoms with van der Waals surface area (Å²) < 4.78 is 9.99. The molecule has 0 aliphatic carbocycles. The number of hydrogen-bond donors (Lipinski definition) is 0. The van der Waals surface area contributed by atoms with Crippen molar-refractivity contribution in [2.75, 3.05) is 20.2 Å². The molecule has 2 rings (SSSR count). The molecule has 1 aromatic rings. The minimum absolute atomic E-state index is 0.0249. The maximum Gasteiger partial charge on any atom is 0.310 e. The van der Waals surface area contributed by atoms with Gasteiger partial charge in [0.15, 0.2) is 5.82 Å². The van der Waals surface area contributed by atoms with Gasteiger partial charge < -0.3 is 9.26 Å². The van der Waals surface area contributed by atoms with Crippen molar-refractivity contribution in [3.8, 4) is 0 Å². The number of esters is 1. The molecule has 0 saturated carbocycles. The van der Waals surface area contributed by atoms with E-state index in [1.54, 1.807) is 0 Å². The molecule has 106 valence electrons. The van der Waals surface area contributed by atoms with Gasteiger partial charge in [0.25, 0.3) is 0 Å². The number of carbonyl (C=O) groups excluding carboxylic acids is 1. The van der Waals surface area contributed by atoms with Crippen molar-refractivity contribution >= 4 is 5.97 Å². The Hall–Kier alpha value is -1.43. The quantitative estimate of drug-likeness (QED) is 0.748. The third kappa shape index (κ3) is 3.76. The normalized spacial score (nSPS) is 20.1. The topological polar surface area (TPSA) is 68.5 Å². The first-order valence-electron chi connectivity index (χ1n) is 6.70. The van der Waals surface area contributed by atoms with Gasteiger partial charge in [-0.25, -0.2) is 0 Å². The zero-order valence-electron chi connectivity index (χ0n) is 11.8. The predicted molar refractivity (Wildman–Crippen MR) is 68.2 cm³/mol. The minimum atomic E-state index is -0.131. The van der Waals surface area contributed by atoms with Crippen molar-refractivity contribution in [2.45, 2.75) is 33.2 Å². The summed E-state index contributed by atoms with van der Waals surface area (Å²) in [6.45, 7) is 6.42. The summed E-state index contributed by atoms with van der Waals surface area (Å²) in [6.07, 6.45) is 1.66. The van der Waals surface area contributed by atoms with E-state index in [2.05, 4.69) is 28.9 Å².